The van der Waals surface area contributed by atoms with E-state index in [4.69, 9.17) is 33.6 Å². The van der Waals surface area contributed by atoms with Crippen molar-refractivity contribution >= 4 is 0 Å². The number of nitrogens with one attached hydrogen (secondary N) is 1. The number of hydrazine groups is 1. The minimum absolute atomic E-state index is 0.383. The van der Waals surface area contributed by atoms with Crippen LogP contribution in [0.4, 0.5) is 0 Å². The SMILES string of the molecule is CN(O)NCO[C@H]1O[C@H](CO)[C@@H](O)[C@H](O[C@@H]2O[C@H](CO)[C@@H](O)[C@H](O[C@@H]3O[C@H](CO)[C@@H](O)[C@H](O)[C@H]3O)[C@H]2O)[C@H]1O. The van der Waals surface area contributed by atoms with E-state index in [1.165, 1.54) is 7.05 Å². The summed E-state index contributed by atoms with van der Waals surface area (Å²) in [6, 6.07) is 0. The molecule has 3 fully saturated rings. The van der Waals surface area contributed by atoms with Crippen molar-refractivity contribution in [1.82, 2.24) is 10.6 Å². The fraction of sp³-hybridized carbons (Fsp3) is 1.00. The molecule has 15 atom stereocenters. The number of hydrogen-bond acceptors (Lipinski definition) is 19. The Morgan fingerprint density at radius 2 is 1.00 bits per heavy atom. The molecule has 0 amide bonds. The minimum Gasteiger partial charge on any atom is -0.394 e. The lowest BCUT2D eigenvalue weighted by Gasteiger charge is -2.48. The van der Waals surface area contributed by atoms with Gasteiger partial charge in [0.2, 0.25) is 0 Å². The highest BCUT2D eigenvalue weighted by molar-refractivity contribution is 4.96. The predicted molar refractivity (Wildman–Crippen MR) is 118 cm³/mol. The highest BCUT2D eigenvalue weighted by Crippen LogP contribution is 2.32. The van der Waals surface area contributed by atoms with Gasteiger partial charge in [0.05, 0.1) is 19.8 Å². The first kappa shape index (κ1) is 32.8. The largest absolute Gasteiger partial charge is 0.394 e. The van der Waals surface area contributed by atoms with Gasteiger partial charge in [0.1, 0.15) is 80.0 Å². The number of aliphatic hydroxyl groups excluding tert-OH is 10. The number of rotatable bonds is 11. The molecular formula is C20H38N2O17. The van der Waals surface area contributed by atoms with Crippen molar-refractivity contribution < 1.29 is 84.7 Å². The molecule has 3 aliphatic rings. The standard InChI is InChI=1S/C20H38N2O17/c1-22(33)21-5-34-18-14(31)16(10(27)7(3-24)35-18)39-20-15(32)17(11(28)8(4-25)37-20)38-19-13(30)12(29)9(26)6(2-23)36-19/h6-21,23-33H,2-5H2,1H3/t6-,7-,8-,9-,10-,11-,12+,13-,14-,15-,16+,17+,18+,19+,20+/m1/s1. The molecule has 0 unspecified atom stereocenters. The van der Waals surface area contributed by atoms with Gasteiger partial charge in [-0.3, -0.25) is 5.21 Å². The second-order valence-corrected chi connectivity index (χ2v) is 9.30. The van der Waals surface area contributed by atoms with Gasteiger partial charge in [-0.05, 0) is 0 Å². The van der Waals surface area contributed by atoms with E-state index in [-0.39, 0.29) is 6.73 Å². The Morgan fingerprint density at radius 3 is 1.46 bits per heavy atom. The number of hydroxylamine groups is 1. The van der Waals surface area contributed by atoms with Crippen LogP contribution in [0, 0.1) is 0 Å². The lowest BCUT2D eigenvalue weighted by atomic mass is 9.96. The molecule has 0 aromatic rings. The summed E-state index contributed by atoms with van der Waals surface area (Å²) in [4.78, 5) is 0. The molecule has 39 heavy (non-hydrogen) atoms. The molecular weight excluding hydrogens is 540 g/mol. The van der Waals surface area contributed by atoms with E-state index in [1.54, 1.807) is 0 Å². The third-order valence-electron chi connectivity index (χ3n) is 6.62. The first-order chi connectivity index (χ1) is 18.4. The summed E-state index contributed by atoms with van der Waals surface area (Å²) in [5, 5.41) is 112. The van der Waals surface area contributed by atoms with Crippen LogP contribution in [0.15, 0.2) is 0 Å². The van der Waals surface area contributed by atoms with Crippen molar-refractivity contribution in [3.63, 3.8) is 0 Å². The van der Waals surface area contributed by atoms with Crippen molar-refractivity contribution in [1.29, 1.82) is 0 Å². The molecule has 0 spiro atoms. The monoisotopic (exact) mass is 578 g/mol. The Kier molecular flexibility index (Phi) is 12.1. The van der Waals surface area contributed by atoms with Crippen LogP contribution in [0.5, 0.6) is 0 Å². The summed E-state index contributed by atoms with van der Waals surface area (Å²) in [6.07, 6.45) is -25.2. The van der Waals surface area contributed by atoms with Crippen molar-refractivity contribution in [3.8, 4) is 0 Å². The molecule has 0 aliphatic carbocycles. The Hall–Kier alpha value is -0.760. The number of nitrogens with zero attached hydrogens (tertiary/aromatic N) is 1. The zero-order chi connectivity index (χ0) is 29.0. The Morgan fingerprint density at radius 1 is 0.590 bits per heavy atom. The van der Waals surface area contributed by atoms with Crippen LogP contribution in [0.1, 0.15) is 0 Å². The number of ether oxygens (including phenoxy) is 6. The van der Waals surface area contributed by atoms with E-state index < -0.39 is 112 Å². The van der Waals surface area contributed by atoms with Crippen molar-refractivity contribution in [2.45, 2.75) is 92.1 Å². The molecule has 0 aromatic carbocycles. The van der Waals surface area contributed by atoms with E-state index in [0.29, 0.717) is 5.17 Å². The van der Waals surface area contributed by atoms with Gasteiger partial charge in [0, 0.05) is 7.05 Å². The van der Waals surface area contributed by atoms with Crippen LogP contribution < -0.4 is 5.43 Å². The average molecular weight is 579 g/mol. The summed E-state index contributed by atoms with van der Waals surface area (Å²) >= 11 is 0. The predicted octanol–water partition coefficient (Wildman–Crippen LogP) is -7.77. The second-order valence-electron chi connectivity index (χ2n) is 9.30. The molecule has 3 saturated heterocycles. The third kappa shape index (κ3) is 7.37. The van der Waals surface area contributed by atoms with E-state index in [2.05, 4.69) is 5.43 Å². The first-order valence-corrected chi connectivity index (χ1v) is 12.1. The third-order valence-corrected chi connectivity index (χ3v) is 6.62. The lowest BCUT2D eigenvalue weighted by Crippen LogP contribution is -2.67. The molecule has 230 valence electrons. The van der Waals surface area contributed by atoms with E-state index in [1.807, 2.05) is 0 Å². The Balaban J connectivity index is 1.77. The summed E-state index contributed by atoms with van der Waals surface area (Å²) < 4.78 is 32.3. The molecule has 0 bridgehead atoms. The molecule has 19 heteroatoms. The zero-order valence-corrected chi connectivity index (χ0v) is 20.8. The Bertz CT molecular complexity index is 738. The van der Waals surface area contributed by atoms with Crippen LogP contribution in [-0.2, 0) is 28.4 Å². The van der Waals surface area contributed by atoms with Gasteiger partial charge in [-0.25, -0.2) is 5.43 Å². The van der Waals surface area contributed by atoms with Crippen molar-refractivity contribution in [3.05, 3.63) is 0 Å². The van der Waals surface area contributed by atoms with E-state index in [9.17, 15) is 51.1 Å². The summed E-state index contributed by atoms with van der Waals surface area (Å²) in [7, 11) is 1.24. The topological polar surface area (TPSA) is 293 Å². The Labute approximate surface area is 221 Å². The highest BCUT2D eigenvalue weighted by atomic mass is 16.8. The van der Waals surface area contributed by atoms with Gasteiger partial charge in [-0.1, -0.05) is 0 Å². The average Bonchev–Trinajstić information content (AvgIpc) is 2.91. The summed E-state index contributed by atoms with van der Waals surface area (Å²) in [5.41, 5.74) is 2.33. The van der Waals surface area contributed by atoms with Crippen molar-refractivity contribution in [2.24, 2.45) is 0 Å². The van der Waals surface area contributed by atoms with Gasteiger partial charge in [-0.15, -0.1) is 5.17 Å². The first-order valence-electron chi connectivity index (χ1n) is 12.1. The smallest absolute Gasteiger partial charge is 0.188 e. The molecule has 3 rings (SSSR count). The molecule has 0 radical (unpaired) electrons. The van der Waals surface area contributed by atoms with Crippen LogP contribution in [0.3, 0.4) is 0 Å². The zero-order valence-electron chi connectivity index (χ0n) is 20.8. The maximum atomic E-state index is 10.9. The molecule has 0 aromatic heterocycles. The quantitative estimate of drug-likeness (QED) is 0.0800. The number of aliphatic hydroxyl groups is 10. The van der Waals surface area contributed by atoms with Gasteiger partial charge in [-0.2, -0.15) is 0 Å². The fourth-order valence-electron chi connectivity index (χ4n) is 4.38. The van der Waals surface area contributed by atoms with E-state index >= 15 is 0 Å². The molecule has 3 heterocycles. The normalized spacial score (nSPS) is 47.5. The van der Waals surface area contributed by atoms with Gasteiger partial charge < -0.3 is 79.5 Å². The van der Waals surface area contributed by atoms with Crippen LogP contribution in [0.2, 0.25) is 0 Å². The number of hydrogen-bond donors (Lipinski definition) is 12. The minimum atomic E-state index is -1.94. The van der Waals surface area contributed by atoms with Gasteiger partial charge in [0.25, 0.3) is 0 Å². The van der Waals surface area contributed by atoms with Crippen molar-refractivity contribution in [2.75, 3.05) is 33.6 Å². The van der Waals surface area contributed by atoms with Crippen LogP contribution in [-0.4, -0.2) is 187 Å². The summed E-state index contributed by atoms with van der Waals surface area (Å²) in [6.45, 7) is -2.72. The maximum absolute atomic E-state index is 10.9. The maximum Gasteiger partial charge on any atom is 0.188 e. The lowest BCUT2D eigenvalue weighted by molar-refractivity contribution is -0.381. The second kappa shape index (κ2) is 14.4. The fourth-order valence-corrected chi connectivity index (χ4v) is 4.38. The van der Waals surface area contributed by atoms with Gasteiger partial charge >= 0.3 is 0 Å². The molecule has 19 nitrogen and oxygen atoms in total. The molecule has 3 aliphatic heterocycles. The highest BCUT2D eigenvalue weighted by Gasteiger charge is 2.53. The molecule has 0 saturated carbocycles. The van der Waals surface area contributed by atoms with Gasteiger partial charge in [0.15, 0.2) is 18.9 Å². The van der Waals surface area contributed by atoms with Crippen LogP contribution >= 0.6 is 0 Å². The van der Waals surface area contributed by atoms with Crippen LogP contribution in [0.25, 0.3) is 0 Å². The summed E-state index contributed by atoms with van der Waals surface area (Å²) in [5.74, 6) is 0. The molecule has 12 N–H and O–H groups in total. The van der Waals surface area contributed by atoms with E-state index in [0.717, 1.165) is 0 Å².